The van der Waals surface area contributed by atoms with Crippen LogP contribution in [-0.4, -0.2) is 38.6 Å². The molecule has 31 heavy (non-hydrogen) atoms. The van der Waals surface area contributed by atoms with E-state index in [0.29, 0.717) is 11.0 Å². The lowest BCUT2D eigenvalue weighted by molar-refractivity contribution is 0.0698. The molecule has 0 atom stereocenters. The molecule has 1 fully saturated rings. The number of aromatic carboxylic acids is 1. The fraction of sp³-hybridized carbons (Fsp3) is 0.231. The molecule has 0 aliphatic carbocycles. The van der Waals surface area contributed by atoms with Crippen molar-refractivity contribution in [1.82, 2.24) is 14.5 Å². The first-order valence-electron chi connectivity index (χ1n) is 10.7. The van der Waals surface area contributed by atoms with Crippen LogP contribution in [0.5, 0.6) is 0 Å². The van der Waals surface area contributed by atoms with Crippen LogP contribution in [0.3, 0.4) is 0 Å². The van der Waals surface area contributed by atoms with E-state index in [2.05, 4.69) is 58.4 Å². The maximum atomic E-state index is 11.8. The molecule has 5 rings (SSSR count). The Hall–Kier alpha value is -3.44. The second-order valence-electron chi connectivity index (χ2n) is 8.31. The molecule has 5 nitrogen and oxygen atoms in total. The van der Waals surface area contributed by atoms with E-state index in [4.69, 9.17) is 0 Å². The maximum absolute atomic E-state index is 11.8. The lowest BCUT2D eigenvalue weighted by Crippen LogP contribution is -2.18. The van der Waals surface area contributed by atoms with E-state index < -0.39 is 5.97 Å². The van der Waals surface area contributed by atoms with E-state index in [1.165, 1.54) is 37.1 Å². The van der Waals surface area contributed by atoms with E-state index in [1.807, 2.05) is 13.1 Å². The van der Waals surface area contributed by atoms with Crippen LogP contribution in [-0.2, 0) is 13.6 Å². The first-order chi connectivity index (χ1) is 15.1. The van der Waals surface area contributed by atoms with Crippen LogP contribution in [0.15, 0.2) is 67.0 Å². The topological polar surface area (TPSA) is 58.4 Å². The fourth-order valence-corrected chi connectivity index (χ4v) is 4.53. The molecule has 1 N–H and O–H groups in total. The van der Waals surface area contributed by atoms with Crippen LogP contribution in [0.25, 0.3) is 33.3 Å². The molecule has 0 bridgehead atoms. The third kappa shape index (κ3) is 3.84. The normalized spacial score (nSPS) is 14.4. The van der Waals surface area contributed by atoms with Gasteiger partial charge in [-0.3, -0.25) is 4.90 Å². The first-order valence-corrected chi connectivity index (χ1v) is 10.7. The van der Waals surface area contributed by atoms with Crippen molar-refractivity contribution in [3.05, 3.63) is 78.1 Å². The number of rotatable bonds is 5. The lowest BCUT2D eigenvalue weighted by atomic mass is 9.97. The van der Waals surface area contributed by atoms with Gasteiger partial charge in [-0.05, 0) is 71.9 Å². The summed E-state index contributed by atoms with van der Waals surface area (Å²) in [5.41, 5.74) is 7.14. The fourth-order valence-electron chi connectivity index (χ4n) is 4.53. The van der Waals surface area contributed by atoms with Gasteiger partial charge >= 0.3 is 5.97 Å². The summed E-state index contributed by atoms with van der Waals surface area (Å²) in [7, 11) is 1.81. The predicted octanol–water partition coefficient (Wildman–Crippen LogP) is 5.20. The third-order valence-corrected chi connectivity index (χ3v) is 6.13. The highest BCUT2D eigenvalue weighted by Gasteiger charge is 2.15. The number of aryl methyl sites for hydroxylation is 1. The number of carbonyl (C=O) groups is 1. The number of likely N-dealkylation sites (tertiary alicyclic amines) is 1. The zero-order valence-corrected chi connectivity index (χ0v) is 17.6. The Balaban J connectivity index is 1.45. The van der Waals surface area contributed by atoms with Crippen LogP contribution < -0.4 is 0 Å². The largest absolute Gasteiger partial charge is 0.478 e. The number of hydrogen-bond donors (Lipinski definition) is 1. The average Bonchev–Trinajstić information content (AvgIpc) is 3.43. The van der Waals surface area contributed by atoms with Crippen LogP contribution in [0.1, 0.15) is 28.8 Å². The third-order valence-electron chi connectivity index (χ3n) is 6.13. The molecule has 0 radical (unpaired) electrons. The Morgan fingerprint density at radius 1 is 0.935 bits per heavy atom. The summed E-state index contributed by atoms with van der Waals surface area (Å²) >= 11 is 0. The monoisotopic (exact) mass is 411 g/mol. The Morgan fingerprint density at radius 2 is 1.65 bits per heavy atom. The Labute approximate surface area is 181 Å². The van der Waals surface area contributed by atoms with Gasteiger partial charge in [-0.1, -0.05) is 42.5 Å². The molecule has 156 valence electrons. The highest BCUT2D eigenvalue weighted by atomic mass is 16.4. The average molecular weight is 412 g/mol. The molecule has 1 saturated heterocycles. The highest BCUT2D eigenvalue weighted by molar-refractivity contribution is 6.03. The second-order valence-corrected chi connectivity index (χ2v) is 8.31. The number of fused-ring (bicyclic) bond motifs is 1. The van der Waals surface area contributed by atoms with Crippen LogP contribution in [0.2, 0.25) is 0 Å². The number of imidazole rings is 1. The first kappa shape index (κ1) is 19.5. The molecule has 2 heterocycles. The Morgan fingerprint density at radius 3 is 2.35 bits per heavy atom. The van der Waals surface area contributed by atoms with Gasteiger partial charge in [-0.25, -0.2) is 9.78 Å². The van der Waals surface area contributed by atoms with Crippen molar-refractivity contribution in [2.75, 3.05) is 13.1 Å². The van der Waals surface area contributed by atoms with Gasteiger partial charge in [-0.15, -0.1) is 0 Å². The van der Waals surface area contributed by atoms with Gasteiger partial charge in [0.25, 0.3) is 0 Å². The van der Waals surface area contributed by atoms with Gasteiger partial charge in [0.15, 0.2) is 0 Å². The van der Waals surface area contributed by atoms with Crippen LogP contribution in [0, 0.1) is 0 Å². The highest BCUT2D eigenvalue weighted by Crippen LogP contribution is 2.30. The zero-order valence-electron chi connectivity index (χ0n) is 17.6. The van der Waals surface area contributed by atoms with E-state index in [9.17, 15) is 9.90 Å². The molecule has 1 aliphatic rings. The minimum Gasteiger partial charge on any atom is -0.478 e. The van der Waals surface area contributed by atoms with Crippen molar-refractivity contribution in [3.63, 3.8) is 0 Å². The molecular formula is C26H25N3O2. The molecular weight excluding hydrogens is 386 g/mol. The molecule has 4 aromatic rings. The number of carboxylic acids is 1. The molecule has 0 amide bonds. The van der Waals surface area contributed by atoms with Crippen molar-refractivity contribution < 1.29 is 9.90 Å². The Kier molecular flexibility index (Phi) is 5.04. The van der Waals surface area contributed by atoms with E-state index in [1.54, 1.807) is 17.0 Å². The number of hydrogen-bond acceptors (Lipinski definition) is 3. The molecule has 0 saturated carbocycles. The summed E-state index contributed by atoms with van der Waals surface area (Å²) in [6.45, 7) is 3.39. The molecule has 1 aromatic heterocycles. The van der Waals surface area contributed by atoms with Crippen LogP contribution >= 0.6 is 0 Å². The van der Waals surface area contributed by atoms with E-state index >= 15 is 0 Å². The molecule has 5 heteroatoms. The van der Waals surface area contributed by atoms with Crippen molar-refractivity contribution in [2.24, 2.45) is 7.05 Å². The van der Waals surface area contributed by atoms with Crippen molar-refractivity contribution in [3.8, 4) is 22.3 Å². The summed E-state index contributed by atoms with van der Waals surface area (Å²) in [5, 5.41) is 9.67. The summed E-state index contributed by atoms with van der Waals surface area (Å²) in [6.07, 6.45) is 4.25. The van der Waals surface area contributed by atoms with Gasteiger partial charge in [0, 0.05) is 13.6 Å². The second kappa shape index (κ2) is 8.00. The smallest absolute Gasteiger partial charge is 0.337 e. The van der Waals surface area contributed by atoms with E-state index in [0.717, 1.165) is 23.2 Å². The Bertz CT molecular complexity index is 1250. The number of aromatic nitrogens is 2. The molecule has 0 spiro atoms. The van der Waals surface area contributed by atoms with Crippen LogP contribution in [0.4, 0.5) is 0 Å². The minimum atomic E-state index is -0.943. The SMILES string of the molecule is Cn1cnc2cc(-c3ccc(-c4cccc(CN5CCCC5)c4)cc3)cc(C(=O)O)c21. The van der Waals surface area contributed by atoms with Gasteiger partial charge in [0.2, 0.25) is 0 Å². The zero-order chi connectivity index (χ0) is 21.4. The van der Waals surface area contributed by atoms with E-state index in [-0.39, 0.29) is 5.56 Å². The van der Waals surface area contributed by atoms with Crippen molar-refractivity contribution in [1.29, 1.82) is 0 Å². The maximum Gasteiger partial charge on any atom is 0.337 e. The minimum absolute atomic E-state index is 0.270. The van der Waals surface area contributed by atoms with Crippen molar-refractivity contribution >= 4 is 17.0 Å². The summed E-state index contributed by atoms with van der Waals surface area (Å²) in [5.74, 6) is -0.943. The molecule has 0 unspecified atom stereocenters. The summed E-state index contributed by atoms with van der Waals surface area (Å²) < 4.78 is 1.75. The van der Waals surface area contributed by atoms with Crippen molar-refractivity contribution in [2.45, 2.75) is 19.4 Å². The van der Waals surface area contributed by atoms with Gasteiger partial charge < -0.3 is 9.67 Å². The molecule has 1 aliphatic heterocycles. The standard InChI is InChI=1S/C26H25N3O2/c1-28-17-27-24-15-22(14-23(25(24)28)26(30)31)20-9-7-19(8-10-20)21-6-4-5-18(13-21)16-29-11-2-3-12-29/h4-10,13-15,17H,2-3,11-12,16H2,1H3,(H,30,31). The number of benzene rings is 3. The number of nitrogens with zero attached hydrogens (tertiary/aromatic N) is 3. The summed E-state index contributed by atoms with van der Waals surface area (Å²) in [6, 6.07) is 20.7. The summed E-state index contributed by atoms with van der Waals surface area (Å²) in [4.78, 5) is 18.7. The van der Waals surface area contributed by atoms with Gasteiger partial charge in [-0.2, -0.15) is 0 Å². The van der Waals surface area contributed by atoms with Gasteiger partial charge in [0.1, 0.15) is 0 Å². The van der Waals surface area contributed by atoms with Gasteiger partial charge in [0.05, 0.1) is 22.9 Å². The predicted molar refractivity (Wildman–Crippen MR) is 123 cm³/mol. The molecule has 3 aromatic carbocycles. The quantitative estimate of drug-likeness (QED) is 0.490. The number of carboxylic acid groups (broad SMARTS) is 1. The lowest BCUT2D eigenvalue weighted by Gasteiger charge is -2.15.